The predicted octanol–water partition coefficient (Wildman–Crippen LogP) is 4.43. The molecule has 0 saturated heterocycles. The molecule has 1 heterocycles. The average Bonchev–Trinajstić information content (AvgIpc) is 2.73. The van der Waals surface area contributed by atoms with Gasteiger partial charge in [0.1, 0.15) is 0 Å². The van der Waals surface area contributed by atoms with Crippen LogP contribution in [-0.4, -0.2) is 24.0 Å². The van der Waals surface area contributed by atoms with Gasteiger partial charge in [-0.1, -0.05) is 35.8 Å². The lowest BCUT2D eigenvalue weighted by atomic mass is 10.1. The van der Waals surface area contributed by atoms with Gasteiger partial charge in [0.2, 0.25) is 0 Å². The van der Waals surface area contributed by atoms with Crippen LogP contribution in [0.1, 0.15) is 33.3 Å². The number of sulfone groups is 1. The lowest BCUT2D eigenvalue weighted by Crippen LogP contribution is -2.19. The first-order valence-corrected chi connectivity index (χ1v) is 10.2. The quantitative estimate of drug-likeness (QED) is 0.737. The molecule has 22 heavy (non-hydrogen) atoms. The van der Waals surface area contributed by atoms with Crippen molar-refractivity contribution in [2.24, 2.45) is 5.92 Å². The highest BCUT2D eigenvalue weighted by Gasteiger charge is 2.18. The van der Waals surface area contributed by atoms with E-state index in [1.54, 1.807) is 13.8 Å². The van der Waals surface area contributed by atoms with E-state index in [1.807, 2.05) is 6.07 Å². The van der Waals surface area contributed by atoms with E-state index in [0.717, 1.165) is 22.0 Å². The number of hydrogen-bond acceptors (Lipinski definition) is 2. The first-order valence-electron chi connectivity index (χ1n) is 7.69. The van der Waals surface area contributed by atoms with Crippen molar-refractivity contribution in [1.29, 1.82) is 0 Å². The van der Waals surface area contributed by atoms with Gasteiger partial charge in [0, 0.05) is 28.1 Å². The van der Waals surface area contributed by atoms with E-state index in [4.69, 9.17) is 0 Å². The van der Waals surface area contributed by atoms with Gasteiger partial charge in [-0.3, -0.25) is 0 Å². The van der Waals surface area contributed by atoms with Crippen LogP contribution in [0.3, 0.4) is 0 Å². The molecule has 2 aromatic rings. The minimum Gasteiger partial charge on any atom is -0.347 e. The highest BCUT2D eigenvalue weighted by Crippen LogP contribution is 2.26. The molecule has 0 bridgehead atoms. The standard InChI is InChI=1S/C17H24BrNO2S/c1-12(2)10-19-11-14(7-8-22(20,21)13(3)4)16-6-5-15(18)9-17(16)19/h5-6,9,11-13H,7-8,10H2,1-4H3. The third-order valence-electron chi connectivity index (χ3n) is 3.86. The topological polar surface area (TPSA) is 39.1 Å². The van der Waals surface area contributed by atoms with Crippen LogP contribution in [0.15, 0.2) is 28.9 Å². The van der Waals surface area contributed by atoms with Crippen LogP contribution in [0.5, 0.6) is 0 Å². The molecule has 0 N–H and O–H groups in total. The summed E-state index contributed by atoms with van der Waals surface area (Å²) in [7, 11) is -3.01. The molecule has 5 heteroatoms. The summed E-state index contributed by atoms with van der Waals surface area (Å²) in [6.07, 6.45) is 2.69. The lowest BCUT2D eigenvalue weighted by molar-refractivity contribution is 0.534. The van der Waals surface area contributed by atoms with Crippen molar-refractivity contribution in [1.82, 2.24) is 4.57 Å². The van der Waals surface area contributed by atoms with Crippen LogP contribution in [0, 0.1) is 5.92 Å². The van der Waals surface area contributed by atoms with Crippen molar-refractivity contribution in [3.8, 4) is 0 Å². The Morgan fingerprint density at radius 1 is 1.18 bits per heavy atom. The molecule has 1 aromatic heterocycles. The van der Waals surface area contributed by atoms with Crippen molar-refractivity contribution in [2.45, 2.75) is 45.9 Å². The number of aromatic nitrogens is 1. The van der Waals surface area contributed by atoms with Crippen LogP contribution < -0.4 is 0 Å². The van der Waals surface area contributed by atoms with Gasteiger partial charge >= 0.3 is 0 Å². The van der Waals surface area contributed by atoms with Crippen LogP contribution in [0.2, 0.25) is 0 Å². The summed E-state index contributed by atoms with van der Waals surface area (Å²) in [5.41, 5.74) is 2.28. The number of halogens is 1. The van der Waals surface area contributed by atoms with Gasteiger partial charge in [0.05, 0.1) is 11.0 Å². The smallest absolute Gasteiger partial charge is 0.152 e. The molecule has 0 aliphatic heterocycles. The monoisotopic (exact) mass is 385 g/mol. The number of aryl methyl sites for hydroxylation is 1. The molecule has 122 valence electrons. The van der Waals surface area contributed by atoms with E-state index in [-0.39, 0.29) is 11.0 Å². The summed E-state index contributed by atoms with van der Waals surface area (Å²) in [4.78, 5) is 0. The largest absolute Gasteiger partial charge is 0.347 e. The number of fused-ring (bicyclic) bond motifs is 1. The van der Waals surface area contributed by atoms with Gasteiger partial charge < -0.3 is 4.57 Å². The Labute approximate surface area is 141 Å². The first kappa shape index (κ1) is 17.5. The zero-order valence-corrected chi connectivity index (χ0v) is 16.0. The Kier molecular flexibility index (Phi) is 5.38. The molecule has 0 amide bonds. The minimum absolute atomic E-state index is 0.210. The van der Waals surface area contributed by atoms with E-state index in [9.17, 15) is 8.42 Å². The number of rotatable bonds is 6. The summed E-state index contributed by atoms with van der Waals surface area (Å²) in [6.45, 7) is 8.80. The molecule has 0 unspecified atom stereocenters. The Hall–Kier alpha value is -0.810. The van der Waals surface area contributed by atoms with Gasteiger partial charge in [-0.05, 0) is 43.9 Å². The summed E-state index contributed by atoms with van der Waals surface area (Å²) in [5.74, 6) is 0.753. The second kappa shape index (κ2) is 6.75. The van der Waals surface area contributed by atoms with E-state index >= 15 is 0 Å². The second-order valence-corrected chi connectivity index (χ2v) is 10.1. The van der Waals surface area contributed by atoms with Gasteiger partial charge in [-0.25, -0.2) is 8.42 Å². The fourth-order valence-electron chi connectivity index (χ4n) is 2.57. The lowest BCUT2D eigenvalue weighted by Gasteiger charge is -2.08. The summed E-state index contributed by atoms with van der Waals surface area (Å²) >= 11 is 3.52. The van der Waals surface area contributed by atoms with Gasteiger partial charge in [-0.15, -0.1) is 0 Å². The van der Waals surface area contributed by atoms with E-state index in [1.165, 1.54) is 5.52 Å². The number of nitrogens with zero attached hydrogens (tertiary/aromatic N) is 1. The third-order valence-corrected chi connectivity index (χ3v) is 6.57. The van der Waals surface area contributed by atoms with Crippen molar-refractivity contribution in [2.75, 3.05) is 5.75 Å². The molecule has 0 radical (unpaired) electrons. The third kappa shape index (κ3) is 3.93. The van der Waals surface area contributed by atoms with Crippen LogP contribution in [-0.2, 0) is 22.8 Å². The van der Waals surface area contributed by atoms with Gasteiger partial charge in [0.15, 0.2) is 9.84 Å². The maximum Gasteiger partial charge on any atom is 0.152 e. The molecular weight excluding hydrogens is 362 g/mol. The Bertz CT molecular complexity index is 760. The molecule has 0 aliphatic rings. The van der Waals surface area contributed by atoms with Crippen LogP contribution in [0.4, 0.5) is 0 Å². The first-order chi connectivity index (χ1) is 10.2. The van der Waals surface area contributed by atoms with Crippen LogP contribution in [0.25, 0.3) is 10.9 Å². The van der Waals surface area contributed by atoms with Crippen molar-refractivity contribution >= 4 is 36.7 Å². The molecular formula is C17H24BrNO2S. The zero-order chi connectivity index (χ0) is 16.5. The van der Waals surface area contributed by atoms with Crippen molar-refractivity contribution in [3.63, 3.8) is 0 Å². The summed E-state index contributed by atoms with van der Waals surface area (Å²) in [6, 6.07) is 6.20. The van der Waals surface area contributed by atoms with E-state index in [2.05, 4.69) is 52.7 Å². The predicted molar refractivity (Wildman–Crippen MR) is 97.1 cm³/mol. The molecule has 1 aromatic carbocycles. The highest BCUT2D eigenvalue weighted by atomic mass is 79.9. The van der Waals surface area contributed by atoms with Crippen molar-refractivity contribution in [3.05, 3.63) is 34.4 Å². The zero-order valence-electron chi connectivity index (χ0n) is 13.6. The SMILES string of the molecule is CC(C)Cn1cc(CCS(=O)(=O)C(C)C)c2ccc(Br)cc21. The Morgan fingerprint density at radius 3 is 2.45 bits per heavy atom. The number of hydrogen-bond donors (Lipinski definition) is 0. The molecule has 0 spiro atoms. The molecule has 3 nitrogen and oxygen atoms in total. The van der Waals surface area contributed by atoms with Crippen LogP contribution >= 0.6 is 15.9 Å². The summed E-state index contributed by atoms with van der Waals surface area (Å²) < 4.78 is 27.4. The molecule has 0 atom stereocenters. The minimum atomic E-state index is -3.01. The van der Waals surface area contributed by atoms with Crippen molar-refractivity contribution < 1.29 is 8.42 Å². The Morgan fingerprint density at radius 2 is 1.86 bits per heavy atom. The van der Waals surface area contributed by atoms with Gasteiger partial charge in [0.25, 0.3) is 0 Å². The molecule has 2 rings (SSSR count). The van der Waals surface area contributed by atoms with E-state index in [0.29, 0.717) is 12.3 Å². The normalized spacial score (nSPS) is 12.7. The molecule has 0 aliphatic carbocycles. The highest BCUT2D eigenvalue weighted by molar-refractivity contribution is 9.10. The maximum absolute atomic E-state index is 12.1. The fourth-order valence-corrected chi connectivity index (χ4v) is 3.90. The molecule has 0 fully saturated rings. The molecule has 0 saturated carbocycles. The summed E-state index contributed by atoms with van der Waals surface area (Å²) in [5, 5.41) is 0.841. The van der Waals surface area contributed by atoms with E-state index < -0.39 is 9.84 Å². The maximum atomic E-state index is 12.1. The second-order valence-electron chi connectivity index (χ2n) is 6.53. The van der Waals surface area contributed by atoms with Gasteiger partial charge in [-0.2, -0.15) is 0 Å². The average molecular weight is 386 g/mol. The fraction of sp³-hybridized carbons (Fsp3) is 0.529. The number of benzene rings is 1. The Balaban J connectivity index is 2.38.